The minimum Gasteiger partial charge on any atom is -0.392 e. The van der Waals surface area contributed by atoms with Gasteiger partial charge in [0.25, 0.3) is 5.91 Å². The first-order valence-electron chi connectivity index (χ1n) is 16.3. The Kier molecular flexibility index (Phi) is 8.70. The maximum absolute atomic E-state index is 13.0. The molecule has 7 rings (SSSR count). The lowest BCUT2D eigenvalue weighted by molar-refractivity contribution is -0.114. The number of aliphatic hydroxyl groups excluding tert-OH is 1. The molecule has 11 heteroatoms. The Morgan fingerprint density at radius 3 is 2.60 bits per heavy atom. The van der Waals surface area contributed by atoms with Crippen molar-refractivity contribution in [3.63, 3.8) is 0 Å². The Balaban J connectivity index is 1.27. The number of aliphatic hydroxyl groups is 1. The fourth-order valence-electron chi connectivity index (χ4n) is 6.63. The van der Waals surface area contributed by atoms with Gasteiger partial charge >= 0.3 is 0 Å². The summed E-state index contributed by atoms with van der Waals surface area (Å²) < 4.78 is 7.27. The lowest BCUT2D eigenvalue weighted by atomic mass is 9.78. The quantitative estimate of drug-likeness (QED) is 0.175. The van der Waals surface area contributed by atoms with Crippen LogP contribution in [0, 0.1) is 0 Å². The van der Waals surface area contributed by atoms with E-state index in [1.54, 1.807) is 29.4 Å². The highest BCUT2D eigenvalue weighted by molar-refractivity contribution is 5.95. The Morgan fingerprint density at radius 1 is 1.06 bits per heavy atom. The summed E-state index contributed by atoms with van der Waals surface area (Å²) in [7, 11) is 0. The lowest BCUT2D eigenvalue weighted by Crippen LogP contribution is -2.44. The lowest BCUT2D eigenvalue weighted by Gasteiger charge is -2.34. The van der Waals surface area contributed by atoms with Gasteiger partial charge in [0.05, 0.1) is 31.7 Å². The number of nitrogens with zero attached hydrogens (tertiary/aromatic N) is 5. The fourth-order valence-corrected chi connectivity index (χ4v) is 6.63. The highest BCUT2D eigenvalue weighted by Gasteiger charge is 2.38. The summed E-state index contributed by atoms with van der Waals surface area (Å²) >= 11 is 0. The van der Waals surface area contributed by atoms with Crippen LogP contribution in [0.15, 0.2) is 84.4 Å². The molecule has 1 unspecified atom stereocenters. The number of amides is 1. The standard InChI is InChI=1S/C37H37N7O4/c1-2-3-14-37(24-46)33-26(21-39-42-37)6-4-9-30(33)28-7-5-8-29(31(28)23-45)32-22-44-16-15-38-35(44)34(41-32)40-27-12-10-25(11-13-27)36(47)43-17-19-48-20-18-43/h4-13,15-16,21-22,24,42,45H,2-3,14,17-20,23H2,1H3,(H,40,41). The van der Waals surface area contributed by atoms with Crippen LogP contribution < -0.4 is 10.7 Å². The predicted molar refractivity (Wildman–Crippen MR) is 184 cm³/mol. The normalized spacial score (nSPS) is 17.2. The smallest absolute Gasteiger partial charge is 0.254 e. The third-order valence-electron chi connectivity index (χ3n) is 9.10. The Morgan fingerprint density at radius 2 is 1.83 bits per heavy atom. The maximum Gasteiger partial charge on any atom is 0.254 e. The minimum atomic E-state index is -0.979. The summed E-state index contributed by atoms with van der Waals surface area (Å²) in [5.74, 6) is 0.506. The van der Waals surface area contributed by atoms with Crippen LogP contribution in [0.1, 0.15) is 53.2 Å². The van der Waals surface area contributed by atoms with Crippen molar-refractivity contribution in [1.29, 1.82) is 0 Å². The van der Waals surface area contributed by atoms with Crippen LogP contribution in [0.4, 0.5) is 11.5 Å². The third kappa shape index (κ3) is 5.71. The number of carbonyl (C=O) groups is 2. The molecular formula is C37H37N7O4. The summed E-state index contributed by atoms with van der Waals surface area (Å²) in [5, 5.41) is 18.6. The molecule has 5 aromatic rings. The van der Waals surface area contributed by atoms with Crippen molar-refractivity contribution in [2.45, 2.75) is 38.3 Å². The van der Waals surface area contributed by atoms with Gasteiger partial charge in [-0.15, -0.1) is 0 Å². The molecule has 4 heterocycles. The number of unbranched alkanes of at least 4 members (excludes halogenated alkanes) is 1. The van der Waals surface area contributed by atoms with E-state index in [1.807, 2.05) is 65.3 Å². The molecule has 1 atom stereocenters. The molecule has 1 fully saturated rings. The monoisotopic (exact) mass is 643 g/mol. The van der Waals surface area contributed by atoms with E-state index in [0.717, 1.165) is 52.6 Å². The second kappa shape index (κ2) is 13.4. The van der Waals surface area contributed by atoms with Gasteiger partial charge < -0.3 is 29.3 Å². The molecule has 3 aromatic carbocycles. The van der Waals surface area contributed by atoms with Gasteiger partial charge in [0.15, 0.2) is 17.8 Å². The molecule has 244 valence electrons. The van der Waals surface area contributed by atoms with Crippen LogP contribution in [-0.4, -0.2) is 69.1 Å². The number of aldehydes is 1. The van der Waals surface area contributed by atoms with Crippen LogP contribution in [0.3, 0.4) is 0 Å². The summed E-state index contributed by atoms with van der Waals surface area (Å²) in [6.45, 7) is 4.11. The van der Waals surface area contributed by atoms with Crippen molar-refractivity contribution >= 4 is 35.6 Å². The highest BCUT2D eigenvalue weighted by Crippen LogP contribution is 2.41. The van der Waals surface area contributed by atoms with Gasteiger partial charge in [-0.1, -0.05) is 56.2 Å². The van der Waals surface area contributed by atoms with Crippen molar-refractivity contribution in [2.75, 3.05) is 31.6 Å². The average Bonchev–Trinajstić information content (AvgIpc) is 3.63. The molecule has 0 aliphatic carbocycles. The number of fused-ring (bicyclic) bond motifs is 2. The molecule has 1 saturated heterocycles. The molecule has 0 radical (unpaired) electrons. The first-order chi connectivity index (χ1) is 23.5. The predicted octanol–water partition coefficient (Wildman–Crippen LogP) is 5.29. The van der Waals surface area contributed by atoms with Gasteiger partial charge in [-0.05, 0) is 47.4 Å². The number of morpholine rings is 1. The van der Waals surface area contributed by atoms with E-state index in [0.29, 0.717) is 61.0 Å². The molecule has 0 saturated carbocycles. The Hall–Kier alpha value is -5.39. The van der Waals surface area contributed by atoms with Crippen molar-refractivity contribution in [1.82, 2.24) is 24.7 Å². The summed E-state index contributed by atoms with van der Waals surface area (Å²) in [4.78, 5) is 37.0. The number of carbonyl (C=O) groups excluding carboxylic acids is 2. The van der Waals surface area contributed by atoms with Crippen LogP contribution in [0.2, 0.25) is 0 Å². The van der Waals surface area contributed by atoms with Crippen LogP contribution in [-0.2, 0) is 21.7 Å². The number of ether oxygens (including phenoxy) is 1. The number of hydrogen-bond donors (Lipinski definition) is 3. The van der Waals surface area contributed by atoms with Gasteiger partial charge in [0.2, 0.25) is 0 Å². The number of rotatable bonds is 10. The average molecular weight is 644 g/mol. The molecular weight excluding hydrogens is 606 g/mol. The van der Waals surface area contributed by atoms with Crippen LogP contribution >= 0.6 is 0 Å². The van der Waals surface area contributed by atoms with Gasteiger partial charge in [0, 0.05) is 59.6 Å². The van der Waals surface area contributed by atoms with E-state index in [1.165, 1.54) is 0 Å². The molecule has 2 aromatic heterocycles. The number of hydrogen-bond acceptors (Lipinski definition) is 9. The van der Waals surface area contributed by atoms with E-state index in [9.17, 15) is 14.7 Å². The maximum atomic E-state index is 13.0. The molecule has 0 bridgehead atoms. The second-order valence-corrected chi connectivity index (χ2v) is 12.1. The van der Waals surface area contributed by atoms with E-state index in [-0.39, 0.29) is 12.5 Å². The first kappa shape index (κ1) is 31.2. The number of anilines is 2. The fraction of sp³-hybridized carbons (Fsp3) is 0.270. The van der Waals surface area contributed by atoms with Gasteiger partial charge in [0.1, 0.15) is 5.54 Å². The largest absolute Gasteiger partial charge is 0.392 e. The van der Waals surface area contributed by atoms with E-state index in [4.69, 9.17) is 9.72 Å². The zero-order valence-corrected chi connectivity index (χ0v) is 26.7. The van der Waals surface area contributed by atoms with E-state index >= 15 is 0 Å². The summed E-state index contributed by atoms with van der Waals surface area (Å²) in [5.41, 5.74) is 9.59. The topological polar surface area (TPSA) is 133 Å². The number of benzene rings is 3. The van der Waals surface area contributed by atoms with Gasteiger partial charge in [-0.25, -0.2) is 9.97 Å². The number of hydrazone groups is 1. The molecule has 2 aliphatic rings. The van der Waals surface area contributed by atoms with Crippen molar-refractivity contribution in [3.05, 3.63) is 102 Å². The van der Waals surface area contributed by atoms with E-state index < -0.39 is 5.54 Å². The molecule has 2 aliphatic heterocycles. The SMILES string of the molecule is CCCCC1(C=O)NN=Cc2cccc(-c3cccc(-c4cn5ccnc5c(Nc5ccc(C(=O)N6CCOCC6)cc5)n4)c3CO)c21. The van der Waals surface area contributed by atoms with Crippen molar-refractivity contribution < 1.29 is 19.4 Å². The zero-order chi connectivity index (χ0) is 33.1. The van der Waals surface area contributed by atoms with Gasteiger partial charge in [-0.3, -0.25) is 10.2 Å². The van der Waals surface area contributed by atoms with Crippen LogP contribution in [0.25, 0.3) is 28.0 Å². The Bertz CT molecular complexity index is 2000. The number of imidazole rings is 1. The molecule has 11 nitrogen and oxygen atoms in total. The number of nitrogens with one attached hydrogen (secondary N) is 2. The molecule has 48 heavy (non-hydrogen) atoms. The summed E-state index contributed by atoms with van der Waals surface area (Å²) in [6, 6.07) is 19.1. The zero-order valence-electron chi connectivity index (χ0n) is 26.7. The van der Waals surface area contributed by atoms with Crippen molar-refractivity contribution in [2.24, 2.45) is 5.10 Å². The minimum absolute atomic E-state index is 0.0180. The molecule has 3 N–H and O–H groups in total. The van der Waals surface area contributed by atoms with Gasteiger partial charge in [-0.2, -0.15) is 5.10 Å². The molecule has 0 spiro atoms. The highest BCUT2D eigenvalue weighted by atomic mass is 16.5. The number of aromatic nitrogens is 3. The molecule has 1 amide bonds. The van der Waals surface area contributed by atoms with Crippen molar-refractivity contribution in [3.8, 4) is 22.4 Å². The van der Waals surface area contributed by atoms with E-state index in [2.05, 4.69) is 27.8 Å². The second-order valence-electron chi connectivity index (χ2n) is 12.1. The first-order valence-corrected chi connectivity index (χ1v) is 16.3. The Labute approximate surface area is 278 Å². The van der Waals surface area contributed by atoms with Crippen LogP contribution in [0.5, 0.6) is 0 Å². The summed E-state index contributed by atoms with van der Waals surface area (Å²) in [6.07, 6.45) is 10.5. The third-order valence-corrected chi connectivity index (χ3v) is 9.10.